The van der Waals surface area contributed by atoms with Crippen molar-refractivity contribution in [1.82, 2.24) is 0 Å². The number of aliphatic imine (C=N–C) groups is 1. The Bertz CT molecular complexity index is 1600. The first-order valence-electron chi connectivity index (χ1n) is 12.6. The Balaban J connectivity index is 1.49. The Morgan fingerprint density at radius 2 is 1.42 bits per heavy atom. The molecule has 2 bridgehead atoms. The van der Waals surface area contributed by atoms with E-state index in [1.807, 2.05) is 54.7 Å². The summed E-state index contributed by atoms with van der Waals surface area (Å²) in [6.07, 6.45) is 1.89. The zero-order valence-electron chi connectivity index (χ0n) is 20.5. The molecule has 0 saturated carbocycles. The van der Waals surface area contributed by atoms with Crippen LogP contribution in [0.4, 0.5) is 11.4 Å². The third kappa shape index (κ3) is 2.96. The average molecular weight is 519 g/mol. The molecule has 1 fully saturated rings. The number of amides is 2. The molecule has 2 atom stereocenters. The van der Waals surface area contributed by atoms with Gasteiger partial charge in [-0.25, -0.2) is 4.90 Å². The Morgan fingerprint density at radius 1 is 0.816 bits per heavy atom. The van der Waals surface area contributed by atoms with Gasteiger partial charge in [-0.15, -0.1) is 0 Å². The van der Waals surface area contributed by atoms with Crippen LogP contribution in [0.1, 0.15) is 28.2 Å². The molecule has 0 aromatic heterocycles. The molecule has 3 aliphatic carbocycles. The maximum absolute atomic E-state index is 14.4. The Morgan fingerprint density at radius 3 is 2.05 bits per heavy atom. The van der Waals surface area contributed by atoms with E-state index in [9.17, 15) is 9.59 Å². The quantitative estimate of drug-likeness (QED) is 0.235. The molecule has 186 valence electrons. The van der Waals surface area contributed by atoms with E-state index >= 15 is 0 Å². The normalized spacial score (nSPS) is 24.9. The smallest absolute Gasteiger partial charge is 0.239 e. The van der Waals surface area contributed by atoms with Gasteiger partial charge >= 0.3 is 0 Å². The molecule has 0 radical (unpaired) electrons. The van der Waals surface area contributed by atoms with E-state index in [-0.39, 0.29) is 17.7 Å². The minimum Gasteiger partial charge on any atom is -0.497 e. The van der Waals surface area contributed by atoms with Gasteiger partial charge in [0.15, 0.2) is 0 Å². The summed E-state index contributed by atoms with van der Waals surface area (Å²) in [5.41, 5.74) is 4.41. The lowest BCUT2D eigenvalue weighted by Crippen LogP contribution is -2.54. The van der Waals surface area contributed by atoms with Crippen LogP contribution >= 0.6 is 11.6 Å². The van der Waals surface area contributed by atoms with E-state index in [2.05, 4.69) is 24.3 Å². The Labute approximate surface area is 225 Å². The topological polar surface area (TPSA) is 59.0 Å². The maximum Gasteiger partial charge on any atom is 0.239 e. The zero-order chi connectivity index (χ0) is 26.0. The summed E-state index contributed by atoms with van der Waals surface area (Å²) in [6, 6.07) is 30.8. The molecule has 6 heteroatoms. The summed E-state index contributed by atoms with van der Waals surface area (Å²) in [4.78, 5) is 34.8. The number of nitrogens with zero attached hydrogens (tertiary/aromatic N) is 2. The van der Waals surface area contributed by atoms with Crippen LogP contribution in [-0.4, -0.2) is 25.1 Å². The molecule has 1 saturated heterocycles. The molecule has 5 nitrogen and oxygen atoms in total. The van der Waals surface area contributed by atoms with Crippen molar-refractivity contribution in [1.29, 1.82) is 0 Å². The van der Waals surface area contributed by atoms with Crippen molar-refractivity contribution < 1.29 is 14.3 Å². The lowest BCUT2D eigenvalue weighted by Gasteiger charge is -2.52. The number of benzene rings is 4. The van der Waals surface area contributed by atoms with Crippen molar-refractivity contribution in [3.63, 3.8) is 0 Å². The molecular formula is C32H23ClN2O3. The van der Waals surface area contributed by atoms with Gasteiger partial charge < -0.3 is 4.74 Å². The van der Waals surface area contributed by atoms with Crippen molar-refractivity contribution in [2.45, 2.75) is 11.3 Å². The van der Waals surface area contributed by atoms with Crippen molar-refractivity contribution in [3.8, 4) is 5.75 Å². The second-order valence-electron chi connectivity index (χ2n) is 9.94. The van der Waals surface area contributed by atoms with Crippen LogP contribution in [0.25, 0.3) is 0 Å². The summed E-state index contributed by atoms with van der Waals surface area (Å²) in [5.74, 6) is -1.17. The number of imide groups is 1. The van der Waals surface area contributed by atoms with Crippen LogP contribution < -0.4 is 9.64 Å². The van der Waals surface area contributed by atoms with Crippen LogP contribution in [-0.2, 0) is 15.0 Å². The van der Waals surface area contributed by atoms with Crippen LogP contribution in [0.5, 0.6) is 5.75 Å². The predicted octanol–water partition coefficient (Wildman–Crippen LogP) is 6.30. The van der Waals surface area contributed by atoms with Gasteiger partial charge in [0, 0.05) is 12.1 Å². The number of carbonyl (C=O) groups is 2. The van der Waals surface area contributed by atoms with Crippen molar-refractivity contribution in [2.75, 3.05) is 12.0 Å². The minimum absolute atomic E-state index is 0.218. The number of hydrogen-bond donors (Lipinski definition) is 0. The number of anilines is 1. The molecule has 4 aliphatic rings. The van der Waals surface area contributed by atoms with E-state index in [0.29, 0.717) is 10.7 Å². The molecule has 38 heavy (non-hydrogen) atoms. The average Bonchev–Trinajstić information content (AvgIpc) is 3.23. The molecule has 8 rings (SSSR count). The third-order valence-corrected chi connectivity index (χ3v) is 8.59. The fourth-order valence-electron chi connectivity index (χ4n) is 6.76. The molecule has 0 spiro atoms. The van der Waals surface area contributed by atoms with Gasteiger partial charge in [0.1, 0.15) is 5.75 Å². The second kappa shape index (κ2) is 8.40. The molecule has 1 aliphatic heterocycles. The highest BCUT2D eigenvalue weighted by Crippen LogP contribution is 2.64. The highest BCUT2D eigenvalue weighted by Gasteiger charge is 2.68. The maximum atomic E-state index is 14.4. The summed E-state index contributed by atoms with van der Waals surface area (Å²) in [7, 11) is 1.62. The number of halogens is 1. The largest absolute Gasteiger partial charge is 0.497 e. The van der Waals surface area contributed by atoms with Gasteiger partial charge in [0.2, 0.25) is 11.8 Å². The van der Waals surface area contributed by atoms with Crippen molar-refractivity contribution in [2.24, 2.45) is 16.8 Å². The molecule has 2 unspecified atom stereocenters. The van der Waals surface area contributed by atoms with Crippen molar-refractivity contribution >= 4 is 41.0 Å². The predicted molar refractivity (Wildman–Crippen MR) is 148 cm³/mol. The molecular weight excluding hydrogens is 496 g/mol. The van der Waals surface area contributed by atoms with E-state index in [0.717, 1.165) is 33.7 Å². The fraction of sp³-hybridized carbons (Fsp3) is 0.156. The number of rotatable bonds is 4. The van der Waals surface area contributed by atoms with E-state index in [4.69, 9.17) is 21.3 Å². The SMILES string of the molecule is COc1ccc(N=CC23c4ccccc4C(c4ccccc42)C2C(=O)N(c4ccccc4Cl)C(=O)C23)cc1. The van der Waals surface area contributed by atoms with Crippen LogP contribution in [0.15, 0.2) is 102 Å². The molecule has 2 amide bonds. The molecule has 1 heterocycles. The monoisotopic (exact) mass is 518 g/mol. The number of hydrogen-bond acceptors (Lipinski definition) is 4. The van der Waals surface area contributed by atoms with Gasteiger partial charge in [0.05, 0.1) is 40.8 Å². The fourth-order valence-corrected chi connectivity index (χ4v) is 6.99. The second-order valence-corrected chi connectivity index (χ2v) is 10.4. The van der Waals surface area contributed by atoms with E-state index in [1.54, 1.807) is 31.4 Å². The van der Waals surface area contributed by atoms with Crippen LogP contribution in [0, 0.1) is 11.8 Å². The Kier molecular flexibility index (Phi) is 5.07. The minimum atomic E-state index is -0.921. The summed E-state index contributed by atoms with van der Waals surface area (Å²) in [6.45, 7) is 0. The van der Waals surface area contributed by atoms with Gasteiger partial charge in [-0.3, -0.25) is 14.6 Å². The molecule has 4 aromatic carbocycles. The number of carbonyl (C=O) groups excluding carboxylic acids is 2. The number of para-hydroxylation sites is 1. The lowest BCUT2D eigenvalue weighted by atomic mass is 9.47. The van der Waals surface area contributed by atoms with E-state index in [1.165, 1.54) is 4.90 Å². The third-order valence-electron chi connectivity index (χ3n) is 8.27. The van der Waals surface area contributed by atoms with E-state index < -0.39 is 17.3 Å². The number of ether oxygens (including phenoxy) is 1. The summed E-state index contributed by atoms with van der Waals surface area (Å²) < 4.78 is 5.30. The first-order valence-corrected chi connectivity index (χ1v) is 12.9. The lowest BCUT2D eigenvalue weighted by molar-refractivity contribution is -0.122. The standard InChI is InChI=1S/C32H23ClN2O3/c1-38-20-16-14-19(15-17-20)34-18-32-23-10-4-2-8-21(23)27(22-9-3-5-11-24(22)32)28-29(32)31(37)35(30(28)36)26-13-7-6-12-25(26)33/h2-18,27-29H,1H3. The molecule has 4 aromatic rings. The van der Waals surface area contributed by atoms with Crippen LogP contribution in [0.3, 0.4) is 0 Å². The number of methoxy groups -OCH3 is 1. The zero-order valence-corrected chi connectivity index (χ0v) is 21.3. The van der Waals surface area contributed by atoms with Gasteiger partial charge in [-0.1, -0.05) is 72.3 Å². The van der Waals surface area contributed by atoms with Gasteiger partial charge in [-0.05, 0) is 58.7 Å². The highest BCUT2D eigenvalue weighted by atomic mass is 35.5. The Hall–Kier alpha value is -4.22. The van der Waals surface area contributed by atoms with Crippen LogP contribution in [0.2, 0.25) is 5.02 Å². The highest BCUT2D eigenvalue weighted by molar-refractivity contribution is 6.36. The van der Waals surface area contributed by atoms with Gasteiger partial charge in [-0.2, -0.15) is 0 Å². The first-order chi connectivity index (χ1) is 18.6. The van der Waals surface area contributed by atoms with Gasteiger partial charge in [0.25, 0.3) is 0 Å². The summed E-state index contributed by atoms with van der Waals surface area (Å²) >= 11 is 6.52. The molecule has 0 N–H and O–H groups in total. The van der Waals surface area contributed by atoms with Crippen molar-refractivity contribution in [3.05, 3.63) is 124 Å². The first kappa shape index (κ1) is 22.9. The summed E-state index contributed by atoms with van der Waals surface area (Å²) in [5, 5.41) is 0.371.